The van der Waals surface area contributed by atoms with E-state index in [0.29, 0.717) is 5.76 Å². The van der Waals surface area contributed by atoms with Crippen molar-refractivity contribution in [3.05, 3.63) is 205 Å². The second-order valence-electron chi connectivity index (χ2n) is 11.9. The Kier molecular flexibility index (Phi) is 12.2. The summed E-state index contributed by atoms with van der Waals surface area (Å²) < 4.78 is 33.0. The van der Waals surface area contributed by atoms with E-state index in [2.05, 4.69) is 48.5 Å². The predicted molar refractivity (Wildman–Crippen MR) is 208 cm³/mol. The fourth-order valence-corrected chi connectivity index (χ4v) is 9.37. The lowest BCUT2D eigenvalue weighted by Gasteiger charge is -2.30. The van der Waals surface area contributed by atoms with E-state index in [1.807, 2.05) is 133 Å². The minimum absolute atomic E-state index is 0.0375. The molecular weight excluding hydrogens is 686 g/mol. The van der Waals surface area contributed by atoms with Gasteiger partial charge < -0.3 is 23.3 Å². The Balaban J connectivity index is 1.27. The molecule has 0 amide bonds. The van der Waals surface area contributed by atoms with Gasteiger partial charge in [0, 0.05) is 21.2 Å². The van der Waals surface area contributed by atoms with Crippen molar-refractivity contribution in [1.29, 1.82) is 0 Å². The largest absolute Gasteiger partial charge is 0.485 e. The molecule has 6 aromatic rings. The van der Waals surface area contributed by atoms with Gasteiger partial charge in [0.25, 0.3) is 0 Å². The Morgan fingerprint density at radius 1 is 0.500 bits per heavy atom. The van der Waals surface area contributed by atoms with Gasteiger partial charge in [-0.05, 0) is 11.1 Å². The van der Waals surface area contributed by atoms with E-state index in [9.17, 15) is 4.79 Å². The molecule has 1 aliphatic heterocycles. The molecule has 0 aromatic heterocycles. The van der Waals surface area contributed by atoms with Gasteiger partial charge >= 0.3 is 5.97 Å². The Hall–Kier alpha value is -5.09. The van der Waals surface area contributed by atoms with Crippen LogP contribution in [0.4, 0.5) is 0 Å². The van der Waals surface area contributed by atoms with Crippen LogP contribution in [0.2, 0.25) is 0 Å². The van der Waals surface area contributed by atoms with Crippen molar-refractivity contribution in [2.75, 3.05) is 6.61 Å². The molecule has 7 rings (SSSR count). The van der Waals surface area contributed by atoms with E-state index in [0.717, 1.165) is 32.3 Å². The van der Waals surface area contributed by atoms with Crippen LogP contribution in [0.1, 0.15) is 11.1 Å². The van der Waals surface area contributed by atoms with Crippen molar-refractivity contribution in [2.45, 2.75) is 25.4 Å². The Bertz CT molecular complexity index is 1940. The maximum Gasteiger partial charge on any atom is 0.378 e. The van der Waals surface area contributed by atoms with E-state index in [1.54, 1.807) is 0 Å². The van der Waals surface area contributed by atoms with Crippen LogP contribution in [0.25, 0.3) is 0 Å². The van der Waals surface area contributed by atoms with Crippen molar-refractivity contribution in [3.63, 3.8) is 0 Å². The predicted octanol–water partition coefficient (Wildman–Crippen LogP) is 8.05. The fraction of sp³-hybridized carbons (Fsp3) is 0.114. The van der Waals surface area contributed by atoms with Crippen molar-refractivity contribution in [1.82, 2.24) is 0 Å². The molecule has 0 unspecified atom stereocenters. The molecule has 52 heavy (non-hydrogen) atoms. The number of hydrogen-bond acceptors (Lipinski definition) is 6. The van der Waals surface area contributed by atoms with Crippen molar-refractivity contribution in [3.8, 4) is 0 Å². The van der Waals surface area contributed by atoms with Crippen LogP contribution in [0, 0.1) is 0 Å². The van der Waals surface area contributed by atoms with Crippen LogP contribution < -0.4 is 21.2 Å². The van der Waals surface area contributed by atoms with Gasteiger partial charge in [-0.2, -0.15) is 0 Å². The van der Waals surface area contributed by atoms with Crippen LogP contribution in [0.5, 0.6) is 0 Å². The number of hydrogen-bond donors (Lipinski definition) is 0. The Morgan fingerprint density at radius 3 is 1.33 bits per heavy atom. The van der Waals surface area contributed by atoms with Gasteiger partial charge in [0.1, 0.15) is 19.3 Å². The number of carbonyl (C=O) groups is 1. The highest BCUT2D eigenvalue weighted by atomic mass is 31.1. The molecule has 0 saturated carbocycles. The third kappa shape index (κ3) is 9.03. The summed E-state index contributed by atoms with van der Waals surface area (Å²) in [5.74, 6) is -0.275. The molecule has 1 aliphatic rings. The summed E-state index contributed by atoms with van der Waals surface area (Å²) >= 11 is 0. The normalized spacial score (nSPS) is 14.7. The maximum absolute atomic E-state index is 13.8. The van der Waals surface area contributed by atoms with Crippen LogP contribution >= 0.6 is 16.3 Å². The zero-order chi connectivity index (χ0) is 35.4. The first-order chi connectivity index (χ1) is 25.7. The molecule has 1 heterocycles. The lowest BCUT2D eigenvalue weighted by Crippen LogP contribution is -2.37. The summed E-state index contributed by atoms with van der Waals surface area (Å²) in [7, 11) is -2.62. The molecule has 0 radical (unpaired) electrons. The van der Waals surface area contributed by atoms with Gasteiger partial charge in [-0.1, -0.05) is 182 Å². The molecule has 0 saturated heterocycles. The first kappa shape index (κ1) is 35.3. The highest BCUT2D eigenvalue weighted by Crippen LogP contribution is 2.43. The molecular formula is C44H38O6P2. The standard InChI is InChI=1S/C44H38O6P2/c45-44-43(47-32-35-21-9-2-10-22-35)42(46-31-34-19-7-1-8-20-34)41(49-44)40(50-52(38-27-15-5-16-28-38)39-29-17-6-18-30-39)33-48-51(36-23-11-3-12-24-36)37-25-13-4-14-26-37/h1-30,40-41H,31-33H2/t40-,41+/m0/s1. The topological polar surface area (TPSA) is 63.2 Å². The molecule has 0 fully saturated rings. The smallest absolute Gasteiger partial charge is 0.378 e. The summed E-state index contributed by atoms with van der Waals surface area (Å²) in [4.78, 5) is 13.8. The molecule has 0 spiro atoms. The van der Waals surface area contributed by atoms with Crippen LogP contribution in [0.3, 0.4) is 0 Å². The SMILES string of the molecule is O=C1O[C@H]([C@H](COP(c2ccccc2)c2ccccc2)OP(c2ccccc2)c2ccccc2)C(OCc2ccccc2)=C1OCc1ccccc1. The highest BCUT2D eigenvalue weighted by Gasteiger charge is 2.45. The van der Waals surface area contributed by atoms with Gasteiger partial charge in [-0.15, -0.1) is 0 Å². The number of cyclic esters (lactones) is 1. The Morgan fingerprint density at radius 2 is 0.885 bits per heavy atom. The van der Waals surface area contributed by atoms with Gasteiger partial charge in [0.15, 0.2) is 11.9 Å². The monoisotopic (exact) mass is 724 g/mol. The molecule has 6 aromatic carbocycles. The van der Waals surface area contributed by atoms with Crippen LogP contribution in [0.15, 0.2) is 194 Å². The lowest BCUT2D eigenvalue weighted by atomic mass is 10.1. The van der Waals surface area contributed by atoms with Crippen molar-refractivity contribution < 1.29 is 28.1 Å². The van der Waals surface area contributed by atoms with E-state index in [1.165, 1.54) is 0 Å². The average Bonchev–Trinajstić information content (AvgIpc) is 3.53. The zero-order valence-electron chi connectivity index (χ0n) is 28.4. The summed E-state index contributed by atoms with van der Waals surface area (Å²) in [5.41, 5.74) is 1.86. The third-order valence-corrected chi connectivity index (χ3v) is 12.2. The lowest BCUT2D eigenvalue weighted by molar-refractivity contribution is -0.147. The maximum atomic E-state index is 13.8. The quantitative estimate of drug-likeness (QED) is 0.0744. The number of ether oxygens (including phenoxy) is 3. The van der Waals surface area contributed by atoms with E-state index < -0.39 is 34.5 Å². The van der Waals surface area contributed by atoms with E-state index in [4.69, 9.17) is 23.3 Å². The average molecular weight is 725 g/mol. The van der Waals surface area contributed by atoms with Crippen LogP contribution in [-0.4, -0.2) is 24.8 Å². The Labute approximate surface area is 307 Å². The van der Waals surface area contributed by atoms with Crippen LogP contribution in [-0.2, 0) is 41.3 Å². The van der Waals surface area contributed by atoms with Gasteiger partial charge in [-0.3, -0.25) is 0 Å². The summed E-state index contributed by atoms with van der Waals surface area (Å²) in [6.45, 7) is 0.490. The van der Waals surface area contributed by atoms with Gasteiger partial charge in [0.05, 0.1) is 22.9 Å². The zero-order valence-corrected chi connectivity index (χ0v) is 30.2. The molecule has 2 atom stereocenters. The first-order valence-electron chi connectivity index (χ1n) is 17.1. The summed E-state index contributed by atoms with van der Waals surface area (Å²) in [6, 6.07) is 60.2. The number of rotatable bonds is 16. The van der Waals surface area contributed by atoms with Crippen molar-refractivity contribution in [2.24, 2.45) is 0 Å². The summed E-state index contributed by atoms with van der Waals surface area (Å²) in [6.07, 6.45) is -1.71. The summed E-state index contributed by atoms with van der Waals surface area (Å²) in [5, 5.41) is 4.15. The van der Waals surface area contributed by atoms with E-state index in [-0.39, 0.29) is 25.6 Å². The highest BCUT2D eigenvalue weighted by molar-refractivity contribution is 7.69. The molecule has 8 heteroatoms. The number of carbonyl (C=O) groups excluding carboxylic acids is 1. The third-order valence-electron chi connectivity index (χ3n) is 8.27. The molecule has 0 N–H and O–H groups in total. The molecule has 6 nitrogen and oxygen atoms in total. The minimum atomic E-state index is -1.37. The van der Waals surface area contributed by atoms with Crippen molar-refractivity contribution >= 4 is 43.5 Å². The van der Waals surface area contributed by atoms with E-state index >= 15 is 0 Å². The number of esters is 1. The molecule has 0 bridgehead atoms. The molecule has 0 aliphatic carbocycles. The molecule has 260 valence electrons. The second kappa shape index (κ2) is 17.9. The second-order valence-corrected chi connectivity index (χ2v) is 15.7. The fourth-order valence-electron chi connectivity index (χ4n) is 5.72. The number of benzene rings is 6. The van der Waals surface area contributed by atoms with Gasteiger partial charge in [0.2, 0.25) is 5.76 Å². The minimum Gasteiger partial charge on any atom is -0.485 e. The van der Waals surface area contributed by atoms with Gasteiger partial charge in [-0.25, -0.2) is 4.79 Å². The first-order valence-corrected chi connectivity index (χ1v) is 19.6.